The van der Waals surface area contributed by atoms with Crippen LogP contribution < -0.4 is 10.1 Å². The fraction of sp³-hybridized carbons (Fsp3) is 0.238. The van der Waals surface area contributed by atoms with Crippen molar-refractivity contribution in [2.45, 2.75) is 12.5 Å². The smallest absolute Gasteiger partial charge is 0.272 e. The molecule has 1 heterocycles. The third kappa shape index (κ3) is 5.99. The van der Waals surface area contributed by atoms with Gasteiger partial charge in [0.15, 0.2) is 11.6 Å². The molecule has 2 N–H and O–H groups in total. The molecule has 0 saturated carbocycles. The number of rotatable bonds is 10. The summed E-state index contributed by atoms with van der Waals surface area (Å²) in [7, 11) is 0. The van der Waals surface area contributed by atoms with Crippen LogP contribution in [0, 0.1) is 15.9 Å². The molecule has 9 heteroatoms. The van der Waals surface area contributed by atoms with E-state index in [1.165, 1.54) is 17.4 Å². The third-order valence-electron chi connectivity index (χ3n) is 4.41. The van der Waals surface area contributed by atoms with Crippen LogP contribution in [0.3, 0.4) is 0 Å². The van der Waals surface area contributed by atoms with Crippen molar-refractivity contribution in [3.63, 3.8) is 0 Å². The minimum absolute atomic E-state index is 0.127. The van der Waals surface area contributed by atoms with Crippen molar-refractivity contribution >= 4 is 28.6 Å². The number of halogens is 2. The van der Waals surface area contributed by atoms with E-state index in [9.17, 15) is 19.6 Å². The zero-order valence-corrected chi connectivity index (χ0v) is 17.5. The van der Waals surface area contributed by atoms with Crippen molar-refractivity contribution in [3.8, 4) is 16.9 Å². The van der Waals surface area contributed by atoms with Crippen molar-refractivity contribution < 1.29 is 19.2 Å². The van der Waals surface area contributed by atoms with Crippen LogP contribution in [0.2, 0.25) is 4.34 Å². The predicted octanol–water partition coefficient (Wildman–Crippen LogP) is 4.69. The summed E-state index contributed by atoms with van der Waals surface area (Å²) in [5.41, 5.74) is 2.90. The number of nitrogens with one attached hydrogen (secondary N) is 1. The summed E-state index contributed by atoms with van der Waals surface area (Å²) in [6.45, 7) is 0.802. The normalized spacial score (nSPS) is 12.0. The van der Waals surface area contributed by atoms with Gasteiger partial charge in [0.2, 0.25) is 0 Å². The van der Waals surface area contributed by atoms with Gasteiger partial charge >= 0.3 is 0 Å². The summed E-state index contributed by atoms with van der Waals surface area (Å²) in [5.74, 6) is -0.970. The molecule has 0 fully saturated rings. The van der Waals surface area contributed by atoms with E-state index in [1.54, 1.807) is 0 Å². The van der Waals surface area contributed by atoms with Crippen LogP contribution in [0.5, 0.6) is 5.75 Å². The minimum Gasteiger partial charge on any atom is -0.488 e. The van der Waals surface area contributed by atoms with E-state index in [4.69, 9.17) is 16.3 Å². The molecule has 0 aliphatic carbocycles. The number of hydrogen-bond acceptors (Lipinski definition) is 6. The Hall–Kier alpha value is -2.52. The molecular formula is C21H20ClFN2O4S. The van der Waals surface area contributed by atoms with E-state index in [0.717, 1.165) is 39.6 Å². The quantitative estimate of drug-likeness (QED) is 0.266. The third-order valence-corrected chi connectivity index (χ3v) is 5.58. The summed E-state index contributed by atoms with van der Waals surface area (Å²) >= 11 is 7.67. The first-order valence-corrected chi connectivity index (χ1v) is 10.5. The molecule has 2 aromatic carbocycles. The number of nitrogens with zero attached hydrogens (tertiary/aromatic N) is 1. The number of aliphatic hydroxyl groups excluding tert-OH is 1. The van der Waals surface area contributed by atoms with E-state index in [-0.39, 0.29) is 24.6 Å². The SMILES string of the molecule is O=[N+]([O-])c1ccc(OCC(O)CNCCc2ccc(-c3ccsc3Cl)cc2)c(F)c1. The Morgan fingerprint density at radius 2 is 2.00 bits per heavy atom. The fourth-order valence-corrected chi connectivity index (χ4v) is 3.78. The van der Waals surface area contributed by atoms with Crippen LogP contribution in [0.1, 0.15) is 5.56 Å². The van der Waals surface area contributed by atoms with Crippen molar-refractivity contribution in [3.05, 3.63) is 79.7 Å². The molecule has 0 aliphatic heterocycles. The molecule has 1 atom stereocenters. The van der Waals surface area contributed by atoms with E-state index >= 15 is 0 Å². The number of thiophene rings is 1. The van der Waals surface area contributed by atoms with Crippen LogP contribution in [0.4, 0.5) is 10.1 Å². The topological polar surface area (TPSA) is 84.6 Å². The molecule has 1 aromatic heterocycles. The molecule has 0 saturated heterocycles. The van der Waals surface area contributed by atoms with Gasteiger partial charge in [0.1, 0.15) is 17.0 Å². The lowest BCUT2D eigenvalue weighted by atomic mass is 10.1. The molecule has 0 amide bonds. The molecule has 30 heavy (non-hydrogen) atoms. The Morgan fingerprint density at radius 1 is 1.23 bits per heavy atom. The van der Waals surface area contributed by atoms with Crippen molar-refractivity contribution in [1.29, 1.82) is 0 Å². The van der Waals surface area contributed by atoms with E-state index in [2.05, 4.69) is 5.32 Å². The van der Waals surface area contributed by atoms with Crippen LogP contribution in [-0.2, 0) is 6.42 Å². The number of nitro benzene ring substituents is 1. The van der Waals surface area contributed by atoms with Gasteiger partial charge in [-0.1, -0.05) is 35.9 Å². The molecule has 6 nitrogen and oxygen atoms in total. The zero-order valence-electron chi connectivity index (χ0n) is 15.9. The van der Waals surface area contributed by atoms with Crippen molar-refractivity contribution in [1.82, 2.24) is 5.32 Å². The maximum absolute atomic E-state index is 13.8. The van der Waals surface area contributed by atoms with Gasteiger partial charge in [-0.3, -0.25) is 10.1 Å². The molecular weight excluding hydrogens is 431 g/mol. The highest BCUT2D eigenvalue weighted by Gasteiger charge is 2.13. The largest absolute Gasteiger partial charge is 0.488 e. The zero-order chi connectivity index (χ0) is 21.5. The van der Waals surface area contributed by atoms with E-state index in [1.807, 2.05) is 35.7 Å². The Kier molecular flexibility index (Phi) is 7.75. The van der Waals surface area contributed by atoms with Gasteiger partial charge in [-0.15, -0.1) is 11.3 Å². The summed E-state index contributed by atoms with van der Waals surface area (Å²) < 4.78 is 19.7. The Balaban J connectivity index is 1.38. The first-order chi connectivity index (χ1) is 14.4. The second-order valence-electron chi connectivity index (χ2n) is 6.60. The van der Waals surface area contributed by atoms with Crippen LogP contribution in [0.25, 0.3) is 11.1 Å². The molecule has 0 radical (unpaired) electrons. The van der Waals surface area contributed by atoms with E-state index in [0.29, 0.717) is 6.54 Å². The highest BCUT2D eigenvalue weighted by atomic mass is 35.5. The van der Waals surface area contributed by atoms with Gasteiger partial charge < -0.3 is 15.2 Å². The number of aliphatic hydroxyl groups is 1. The summed E-state index contributed by atoms with van der Waals surface area (Å²) in [6.07, 6.45) is -0.0648. The number of non-ortho nitro benzene ring substituents is 1. The molecule has 3 rings (SSSR count). The van der Waals surface area contributed by atoms with Gasteiger partial charge in [0.05, 0.1) is 11.0 Å². The van der Waals surface area contributed by atoms with Crippen LogP contribution in [-0.4, -0.2) is 35.8 Å². The lowest BCUT2D eigenvalue weighted by molar-refractivity contribution is -0.385. The maximum atomic E-state index is 13.8. The average Bonchev–Trinajstić information content (AvgIpc) is 3.16. The number of nitro groups is 1. The van der Waals surface area contributed by atoms with Gasteiger partial charge in [-0.25, -0.2) is 4.39 Å². The van der Waals surface area contributed by atoms with Gasteiger partial charge in [0.25, 0.3) is 5.69 Å². The second-order valence-corrected chi connectivity index (χ2v) is 8.11. The van der Waals surface area contributed by atoms with Crippen molar-refractivity contribution in [2.75, 3.05) is 19.7 Å². The van der Waals surface area contributed by atoms with Gasteiger partial charge in [-0.05, 0) is 41.6 Å². The minimum atomic E-state index is -0.845. The van der Waals surface area contributed by atoms with E-state index < -0.39 is 16.8 Å². The van der Waals surface area contributed by atoms with Crippen LogP contribution in [0.15, 0.2) is 53.9 Å². The van der Waals surface area contributed by atoms with Gasteiger partial charge in [0, 0.05) is 18.2 Å². The molecule has 0 aliphatic rings. The van der Waals surface area contributed by atoms with Crippen molar-refractivity contribution in [2.24, 2.45) is 0 Å². The monoisotopic (exact) mass is 450 g/mol. The molecule has 3 aromatic rings. The molecule has 158 valence electrons. The summed E-state index contributed by atoms with van der Waals surface area (Å²) in [5, 5.41) is 25.7. The lowest BCUT2D eigenvalue weighted by Gasteiger charge is -2.13. The Morgan fingerprint density at radius 3 is 2.63 bits per heavy atom. The standard InChI is InChI=1S/C21H20ClFN2O4S/c22-21-18(8-10-30-21)15-3-1-14(2-4-15)7-9-24-12-17(26)13-29-20-6-5-16(25(27)28)11-19(20)23/h1-6,8,10-11,17,24,26H,7,9,12-13H2. The van der Waals surface area contributed by atoms with Crippen LogP contribution >= 0.6 is 22.9 Å². The molecule has 1 unspecified atom stereocenters. The Labute approximate surface area is 182 Å². The number of ether oxygens (including phenoxy) is 1. The summed E-state index contributed by atoms with van der Waals surface area (Å²) in [6, 6.07) is 13.3. The lowest BCUT2D eigenvalue weighted by Crippen LogP contribution is -2.32. The highest BCUT2D eigenvalue weighted by molar-refractivity contribution is 7.15. The predicted molar refractivity (Wildman–Crippen MR) is 116 cm³/mol. The second kappa shape index (κ2) is 10.5. The summed E-state index contributed by atoms with van der Waals surface area (Å²) in [4.78, 5) is 9.92. The first kappa shape index (κ1) is 22.2. The Bertz CT molecular complexity index is 997. The maximum Gasteiger partial charge on any atom is 0.272 e. The molecule has 0 bridgehead atoms. The fourth-order valence-electron chi connectivity index (χ4n) is 2.82. The van der Waals surface area contributed by atoms with Gasteiger partial charge in [-0.2, -0.15) is 0 Å². The average molecular weight is 451 g/mol. The highest BCUT2D eigenvalue weighted by Crippen LogP contribution is 2.32. The first-order valence-electron chi connectivity index (χ1n) is 9.22. The molecule has 0 spiro atoms. The number of benzene rings is 2. The number of hydrogen-bond donors (Lipinski definition) is 2.